The Balaban J connectivity index is 1.22. The fraction of sp³-hybridized carbons (Fsp3) is 0.833. The van der Waals surface area contributed by atoms with Crippen LogP contribution in [0.25, 0.3) is 0 Å². The standard InChI is InChI=1S/C24H35NO8/c1-14(2)5-6-17-22(3,33-17)19-18(29-4)15(8-10-24(19)13-30-24)31-21(28)25-11-23(12-25)9-7-16(32-23)20(26)27/h5,15-19H,6-13H2,1-4H3,(H,26,27)/t15-,16?,17-,18-,19-,22+,24+/m1/s1. The summed E-state index contributed by atoms with van der Waals surface area (Å²) in [6.45, 7) is 7.69. The van der Waals surface area contributed by atoms with Gasteiger partial charge in [0.05, 0.1) is 31.7 Å². The minimum atomic E-state index is -0.945. The van der Waals surface area contributed by atoms with Crippen LogP contribution in [0.2, 0.25) is 0 Å². The van der Waals surface area contributed by atoms with Crippen molar-refractivity contribution in [2.24, 2.45) is 5.92 Å². The zero-order chi connectivity index (χ0) is 23.6. The number of carbonyl (C=O) groups is 2. The average Bonchev–Trinajstić information content (AvgIpc) is 3.59. The summed E-state index contributed by atoms with van der Waals surface area (Å²) in [5.41, 5.74) is 0.0789. The van der Waals surface area contributed by atoms with Crippen LogP contribution < -0.4 is 0 Å². The lowest BCUT2D eigenvalue weighted by Gasteiger charge is -2.48. The number of nitrogens with zero attached hydrogens (tertiary/aromatic N) is 1. The summed E-state index contributed by atoms with van der Waals surface area (Å²) in [6.07, 6.45) is 3.84. The molecule has 5 aliphatic rings. The summed E-state index contributed by atoms with van der Waals surface area (Å²) >= 11 is 0. The van der Waals surface area contributed by atoms with E-state index in [1.54, 1.807) is 12.0 Å². The third-order valence-electron chi connectivity index (χ3n) is 8.24. The predicted octanol–water partition coefficient (Wildman–Crippen LogP) is 2.52. The number of amides is 1. The van der Waals surface area contributed by atoms with Gasteiger partial charge in [0.1, 0.15) is 29.0 Å². The van der Waals surface area contributed by atoms with E-state index < -0.39 is 23.8 Å². The third kappa shape index (κ3) is 3.96. The van der Waals surface area contributed by atoms with Crippen molar-refractivity contribution in [3.8, 4) is 0 Å². The number of hydrogen-bond acceptors (Lipinski definition) is 7. The lowest BCUT2D eigenvalue weighted by atomic mass is 9.68. The van der Waals surface area contributed by atoms with Crippen molar-refractivity contribution in [1.82, 2.24) is 4.90 Å². The Hall–Kier alpha value is -1.68. The molecule has 4 aliphatic heterocycles. The van der Waals surface area contributed by atoms with Crippen LogP contribution in [0, 0.1) is 5.92 Å². The Morgan fingerprint density at radius 1 is 1.18 bits per heavy atom. The van der Waals surface area contributed by atoms with Crippen molar-refractivity contribution < 1.29 is 38.4 Å². The fourth-order valence-corrected chi connectivity index (χ4v) is 6.27. The second-order valence-electron chi connectivity index (χ2n) is 10.8. The zero-order valence-electron chi connectivity index (χ0n) is 19.9. The van der Waals surface area contributed by atoms with Gasteiger partial charge in [-0.3, -0.25) is 0 Å². The number of likely N-dealkylation sites (tertiary alicyclic amines) is 1. The molecule has 4 saturated heterocycles. The smallest absolute Gasteiger partial charge is 0.410 e. The Bertz CT molecular complexity index is 843. The molecule has 1 N–H and O–H groups in total. The van der Waals surface area contributed by atoms with Crippen LogP contribution in [0.4, 0.5) is 4.79 Å². The van der Waals surface area contributed by atoms with Gasteiger partial charge >= 0.3 is 12.1 Å². The molecule has 4 heterocycles. The SMILES string of the molecule is CO[C@@H]1[C@H](OC(=O)N2CC3(CCC(C(=O)O)O3)C2)CC[C@]2(CO2)[C@H]1[C@@]1(C)O[C@@H]1CC=C(C)C. The molecule has 0 aromatic heterocycles. The summed E-state index contributed by atoms with van der Waals surface area (Å²) < 4.78 is 29.8. The van der Waals surface area contributed by atoms with Crippen LogP contribution in [-0.2, 0) is 28.5 Å². The first-order valence-electron chi connectivity index (χ1n) is 12.0. The normalized spacial score (nSPS) is 42.7. The molecule has 7 atom stereocenters. The second kappa shape index (κ2) is 7.93. The number of hydrogen-bond donors (Lipinski definition) is 1. The highest BCUT2D eigenvalue weighted by Gasteiger charge is 2.72. The van der Waals surface area contributed by atoms with Gasteiger partial charge in [-0.25, -0.2) is 9.59 Å². The van der Waals surface area contributed by atoms with E-state index in [1.165, 1.54) is 5.57 Å². The number of carboxylic acid groups (broad SMARTS) is 1. The number of methoxy groups -OCH3 is 1. The second-order valence-corrected chi connectivity index (χ2v) is 10.8. The first-order valence-corrected chi connectivity index (χ1v) is 12.0. The van der Waals surface area contributed by atoms with E-state index in [4.69, 9.17) is 28.8 Å². The van der Waals surface area contributed by atoms with Gasteiger partial charge < -0.3 is 33.7 Å². The van der Waals surface area contributed by atoms with E-state index >= 15 is 0 Å². The Morgan fingerprint density at radius 3 is 2.48 bits per heavy atom. The maximum Gasteiger partial charge on any atom is 0.410 e. The molecule has 0 bridgehead atoms. The van der Waals surface area contributed by atoms with Gasteiger partial charge in [0.2, 0.25) is 0 Å². The molecule has 33 heavy (non-hydrogen) atoms. The molecular weight excluding hydrogens is 430 g/mol. The Labute approximate surface area is 194 Å². The molecule has 1 saturated carbocycles. The van der Waals surface area contributed by atoms with Crippen LogP contribution in [0.3, 0.4) is 0 Å². The fourth-order valence-electron chi connectivity index (χ4n) is 6.27. The van der Waals surface area contributed by atoms with Gasteiger partial charge in [0, 0.05) is 7.11 Å². The highest BCUT2D eigenvalue weighted by molar-refractivity contribution is 5.73. The van der Waals surface area contributed by atoms with Crippen molar-refractivity contribution in [2.45, 2.75) is 94.1 Å². The Kier molecular flexibility index (Phi) is 5.55. The Morgan fingerprint density at radius 2 is 1.91 bits per heavy atom. The van der Waals surface area contributed by atoms with Crippen LogP contribution in [0.1, 0.15) is 52.9 Å². The van der Waals surface area contributed by atoms with Gasteiger partial charge in [-0.2, -0.15) is 0 Å². The number of allylic oxidation sites excluding steroid dienone is 1. The van der Waals surface area contributed by atoms with Crippen molar-refractivity contribution in [2.75, 3.05) is 26.8 Å². The summed E-state index contributed by atoms with van der Waals surface area (Å²) in [5.74, 6) is -0.965. The monoisotopic (exact) mass is 465 g/mol. The summed E-state index contributed by atoms with van der Waals surface area (Å²) in [5, 5.41) is 9.17. The van der Waals surface area contributed by atoms with Gasteiger partial charge in [-0.05, 0) is 52.9 Å². The molecular formula is C24H35NO8. The van der Waals surface area contributed by atoms with Gasteiger partial charge in [-0.1, -0.05) is 11.6 Å². The minimum Gasteiger partial charge on any atom is -0.479 e. The van der Waals surface area contributed by atoms with Gasteiger partial charge in [-0.15, -0.1) is 0 Å². The lowest BCUT2D eigenvalue weighted by molar-refractivity contribution is -0.169. The van der Waals surface area contributed by atoms with Crippen molar-refractivity contribution in [3.05, 3.63) is 11.6 Å². The molecule has 0 radical (unpaired) electrons. The molecule has 0 aromatic rings. The zero-order valence-corrected chi connectivity index (χ0v) is 19.9. The summed E-state index contributed by atoms with van der Waals surface area (Å²) in [6, 6.07) is 0. The molecule has 1 amide bonds. The largest absolute Gasteiger partial charge is 0.479 e. The quantitative estimate of drug-likeness (QED) is 0.471. The molecule has 9 heteroatoms. The average molecular weight is 466 g/mol. The molecule has 1 unspecified atom stereocenters. The number of ether oxygens (including phenoxy) is 5. The first-order chi connectivity index (χ1) is 15.6. The number of carboxylic acids is 1. The highest BCUT2D eigenvalue weighted by Crippen LogP contribution is 2.59. The molecule has 5 fully saturated rings. The number of aliphatic carboxylic acids is 1. The van der Waals surface area contributed by atoms with E-state index in [1.807, 2.05) is 0 Å². The molecule has 1 aliphatic carbocycles. The topological polar surface area (TPSA) is 110 Å². The van der Waals surface area contributed by atoms with Crippen LogP contribution in [0.15, 0.2) is 11.6 Å². The van der Waals surface area contributed by atoms with E-state index in [2.05, 4.69) is 26.8 Å². The molecule has 9 nitrogen and oxygen atoms in total. The first kappa shape index (κ1) is 23.1. The van der Waals surface area contributed by atoms with Crippen LogP contribution >= 0.6 is 0 Å². The maximum atomic E-state index is 12.9. The van der Waals surface area contributed by atoms with E-state index in [-0.39, 0.29) is 35.4 Å². The molecule has 0 aromatic carbocycles. The van der Waals surface area contributed by atoms with E-state index in [0.717, 1.165) is 12.8 Å². The maximum absolute atomic E-state index is 12.9. The minimum absolute atomic E-state index is 0.0191. The van der Waals surface area contributed by atoms with Crippen LogP contribution in [-0.4, -0.2) is 90.1 Å². The van der Waals surface area contributed by atoms with Crippen molar-refractivity contribution >= 4 is 12.1 Å². The number of epoxide rings is 2. The van der Waals surface area contributed by atoms with E-state index in [9.17, 15) is 9.59 Å². The highest BCUT2D eigenvalue weighted by atomic mass is 16.6. The lowest BCUT2D eigenvalue weighted by Crippen LogP contribution is -2.64. The van der Waals surface area contributed by atoms with Gasteiger partial charge in [0.25, 0.3) is 0 Å². The van der Waals surface area contributed by atoms with Crippen molar-refractivity contribution in [1.29, 1.82) is 0 Å². The van der Waals surface area contributed by atoms with Crippen molar-refractivity contribution in [3.63, 3.8) is 0 Å². The van der Waals surface area contributed by atoms with E-state index in [0.29, 0.717) is 39.0 Å². The third-order valence-corrected chi connectivity index (χ3v) is 8.24. The van der Waals surface area contributed by atoms with Gasteiger partial charge in [0.15, 0.2) is 6.10 Å². The van der Waals surface area contributed by atoms with Crippen LogP contribution in [0.5, 0.6) is 0 Å². The molecule has 2 spiro atoms. The molecule has 5 rings (SSSR count). The summed E-state index contributed by atoms with van der Waals surface area (Å²) in [7, 11) is 1.66. The predicted molar refractivity (Wildman–Crippen MR) is 116 cm³/mol. The number of rotatable bonds is 6. The number of carbonyl (C=O) groups excluding carboxylic acids is 1. The molecule has 184 valence electrons. The summed E-state index contributed by atoms with van der Waals surface area (Å²) in [4.78, 5) is 25.7.